The first-order valence-electron chi connectivity index (χ1n) is 10.0. The molecule has 170 valence electrons. The summed E-state index contributed by atoms with van der Waals surface area (Å²) in [7, 11) is -4.26. The van der Waals surface area contributed by atoms with Crippen molar-refractivity contribution in [1.29, 1.82) is 0 Å². The van der Waals surface area contributed by atoms with Gasteiger partial charge in [0, 0.05) is 44.0 Å². The number of hydrogen-bond acceptors (Lipinski definition) is 7. The van der Waals surface area contributed by atoms with Crippen LogP contribution in [-0.4, -0.2) is 55.3 Å². The van der Waals surface area contributed by atoms with Crippen LogP contribution >= 0.6 is 11.6 Å². The Morgan fingerprint density at radius 1 is 0.970 bits per heavy atom. The lowest BCUT2D eigenvalue weighted by molar-refractivity contribution is -0.387. The first kappa shape index (κ1) is 22.7. The fourth-order valence-corrected chi connectivity index (χ4v) is 5.58. The molecule has 2 aromatic carbocycles. The highest BCUT2D eigenvalue weighted by atomic mass is 35.5. The zero-order chi connectivity index (χ0) is 23.6. The molecule has 1 amide bonds. The molecule has 1 aliphatic heterocycles. The molecule has 2 heterocycles. The number of aromatic nitrogens is 1. The van der Waals surface area contributed by atoms with Crippen LogP contribution in [0.4, 0.5) is 11.5 Å². The van der Waals surface area contributed by atoms with E-state index < -0.39 is 31.3 Å². The molecule has 1 aromatic heterocycles. The smallest absolute Gasteiger partial charge is 0.289 e. The molecule has 1 saturated heterocycles. The van der Waals surface area contributed by atoms with Crippen LogP contribution in [0.3, 0.4) is 0 Å². The Balaban J connectivity index is 1.59. The number of benzene rings is 2. The van der Waals surface area contributed by atoms with E-state index in [1.54, 1.807) is 17.2 Å². The quantitative estimate of drug-likeness (QED) is 0.401. The van der Waals surface area contributed by atoms with Crippen LogP contribution in [0.1, 0.15) is 10.4 Å². The van der Waals surface area contributed by atoms with E-state index >= 15 is 0 Å². The van der Waals surface area contributed by atoms with E-state index in [4.69, 9.17) is 11.6 Å². The zero-order valence-corrected chi connectivity index (χ0v) is 18.9. The number of carbonyl (C=O) groups excluding carboxylic acids is 1. The lowest BCUT2D eigenvalue weighted by Gasteiger charge is -2.35. The highest BCUT2D eigenvalue weighted by molar-refractivity contribution is 7.91. The SMILES string of the molecule is O=C(c1ccc(S(=O)(=O)c2ccccc2Cl)c([N+](=O)[O-])c1)N1CCN(c2ccccn2)CC1. The van der Waals surface area contributed by atoms with Crippen LogP contribution in [0.25, 0.3) is 0 Å². The Labute approximate surface area is 195 Å². The Hall–Kier alpha value is -3.50. The number of halogens is 1. The monoisotopic (exact) mass is 486 g/mol. The Morgan fingerprint density at radius 2 is 1.67 bits per heavy atom. The lowest BCUT2D eigenvalue weighted by Crippen LogP contribution is -2.49. The molecule has 0 unspecified atom stereocenters. The topological polar surface area (TPSA) is 114 Å². The van der Waals surface area contributed by atoms with Gasteiger partial charge in [-0.1, -0.05) is 29.8 Å². The zero-order valence-electron chi connectivity index (χ0n) is 17.3. The highest BCUT2D eigenvalue weighted by Gasteiger charge is 2.31. The molecule has 4 rings (SSSR count). The number of nitro benzene ring substituents is 1. The van der Waals surface area contributed by atoms with Crippen LogP contribution in [0.15, 0.2) is 76.7 Å². The molecule has 0 saturated carbocycles. The summed E-state index contributed by atoms with van der Waals surface area (Å²) >= 11 is 6.01. The van der Waals surface area contributed by atoms with Crippen molar-refractivity contribution < 1.29 is 18.1 Å². The van der Waals surface area contributed by atoms with Gasteiger partial charge < -0.3 is 9.80 Å². The average Bonchev–Trinajstić information content (AvgIpc) is 2.84. The number of carbonyl (C=O) groups is 1. The summed E-state index contributed by atoms with van der Waals surface area (Å²) in [5.41, 5.74) is -0.626. The van der Waals surface area contributed by atoms with Crippen molar-refractivity contribution in [2.24, 2.45) is 0 Å². The van der Waals surface area contributed by atoms with Crippen LogP contribution in [0, 0.1) is 10.1 Å². The third-order valence-corrected chi connectivity index (χ3v) is 7.66. The van der Waals surface area contributed by atoms with Gasteiger partial charge in [-0.3, -0.25) is 14.9 Å². The van der Waals surface area contributed by atoms with Crippen LogP contribution in [-0.2, 0) is 9.84 Å². The first-order chi connectivity index (χ1) is 15.8. The fourth-order valence-electron chi connectivity index (χ4n) is 3.66. The van der Waals surface area contributed by atoms with Crippen LogP contribution in [0.2, 0.25) is 5.02 Å². The van der Waals surface area contributed by atoms with Gasteiger partial charge >= 0.3 is 0 Å². The van der Waals surface area contributed by atoms with Crippen LogP contribution in [0.5, 0.6) is 0 Å². The molecular formula is C22H19ClN4O5S. The van der Waals surface area contributed by atoms with Crippen LogP contribution < -0.4 is 4.90 Å². The Morgan fingerprint density at radius 3 is 2.30 bits per heavy atom. The van der Waals surface area contributed by atoms with Crippen molar-refractivity contribution in [1.82, 2.24) is 9.88 Å². The van der Waals surface area contributed by atoms with Gasteiger partial charge in [0.25, 0.3) is 11.6 Å². The summed E-state index contributed by atoms with van der Waals surface area (Å²) in [6, 6.07) is 14.7. The van der Waals surface area contributed by atoms with Crippen molar-refractivity contribution >= 4 is 38.9 Å². The maximum atomic E-state index is 13.0. The van der Waals surface area contributed by atoms with Gasteiger partial charge in [0.15, 0.2) is 0 Å². The summed E-state index contributed by atoms with van der Waals surface area (Å²) in [5, 5.41) is 11.7. The van der Waals surface area contributed by atoms with E-state index in [0.29, 0.717) is 26.2 Å². The second kappa shape index (κ2) is 9.16. The normalized spacial score (nSPS) is 14.2. The number of sulfone groups is 1. The minimum atomic E-state index is -4.26. The van der Waals surface area contributed by atoms with Gasteiger partial charge in [-0.05, 0) is 36.4 Å². The number of piperazine rings is 1. The number of pyridine rings is 1. The molecule has 0 N–H and O–H groups in total. The maximum absolute atomic E-state index is 13.0. The number of hydrogen-bond donors (Lipinski definition) is 0. The second-order valence-electron chi connectivity index (χ2n) is 7.34. The van der Waals surface area contributed by atoms with Gasteiger partial charge in [0.05, 0.1) is 14.8 Å². The Bertz CT molecular complexity index is 1310. The van der Waals surface area contributed by atoms with Gasteiger partial charge in [-0.15, -0.1) is 0 Å². The molecule has 0 bridgehead atoms. The molecular weight excluding hydrogens is 468 g/mol. The molecule has 11 heteroatoms. The van der Waals surface area contributed by atoms with Crippen molar-refractivity contribution in [3.63, 3.8) is 0 Å². The van der Waals surface area contributed by atoms with Gasteiger partial charge in [0.2, 0.25) is 9.84 Å². The van der Waals surface area contributed by atoms with Gasteiger partial charge in [-0.25, -0.2) is 13.4 Å². The number of anilines is 1. The summed E-state index contributed by atoms with van der Waals surface area (Å²) in [5.74, 6) is 0.412. The molecule has 1 aliphatic rings. The number of nitrogens with zero attached hydrogens (tertiary/aromatic N) is 4. The summed E-state index contributed by atoms with van der Waals surface area (Å²) < 4.78 is 26.1. The second-order valence-corrected chi connectivity index (χ2v) is 9.63. The number of nitro groups is 1. The standard InChI is InChI=1S/C22H19ClN4O5S/c23-17-5-1-2-6-19(17)33(31,32)20-9-8-16(15-18(20)27(29)30)22(28)26-13-11-25(12-14-26)21-7-3-4-10-24-21/h1-10,15H,11-14H2. The van der Waals surface area contributed by atoms with E-state index in [2.05, 4.69) is 4.98 Å². The summed E-state index contributed by atoms with van der Waals surface area (Å²) in [4.78, 5) is 31.1. The summed E-state index contributed by atoms with van der Waals surface area (Å²) in [6.45, 7) is 1.93. The number of amides is 1. The summed E-state index contributed by atoms with van der Waals surface area (Å²) in [6.07, 6.45) is 1.70. The van der Waals surface area contributed by atoms with E-state index in [0.717, 1.165) is 18.0 Å². The third kappa shape index (κ3) is 4.53. The molecule has 0 radical (unpaired) electrons. The predicted octanol–water partition coefficient (Wildman–Crippen LogP) is 3.44. The molecule has 3 aromatic rings. The van der Waals surface area contributed by atoms with Crippen molar-refractivity contribution in [2.75, 3.05) is 31.1 Å². The van der Waals surface area contributed by atoms with Crippen molar-refractivity contribution in [2.45, 2.75) is 9.79 Å². The highest BCUT2D eigenvalue weighted by Crippen LogP contribution is 2.33. The molecule has 33 heavy (non-hydrogen) atoms. The minimum absolute atomic E-state index is 0.0438. The van der Waals surface area contributed by atoms with Gasteiger partial charge in [0.1, 0.15) is 10.7 Å². The van der Waals surface area contributed by atoms with E-state index in [-0.39, 0.29) is 15.5 Å². The first-order valence-corrected chi connectivity index (χ1v) is 11.9. The lowest BCUT2D eigenvalue weighted by atomic mass is 10.1. The molecule has 0 atom stereocenters. The van der Waals surface area contributed by atoms with E-state index in [1.165, 1.54) is 24.3 Å². The molecule has 0 aliphatic carbocycles. The molecule has 0 spiro atoms. The van der Waals surface area contributed by atoms with E-state index in [9.17, 15) is 23.3 Å². The third-order valence-electron chi connectivity index (χ3n) is 5.36. The maximum Gasteiger partial charge on any atom is 0.289 e. The molecule has 9 nitrogen and oxygen atoms in total. The number of rotatable bonds is 5. The molecule has 1 fully saturated rings. The largest absolute Gasteiger partial charge is 0.353 e. The fraction of sp³-hybridized carbons (Fsp3) is 0.182. The minimum Gasteiger partial charge on any atom is -0.353 e. The Kier molecular flexibility index (Phi) is 6.30. The average molecular weight is 487 g/mol. The van der Waals surface area contributed by atoms with Gasteiger partial charge in [-0.2, -0.15) is 0 Å². The predicted molar refractivity (Wildman–Crippen MR) is 122 cm³/mol. The van der Waals surface area contributed by atoms with Crippen molar-refractivity contribution in [3.8, 4) is 0 Å². The van der Waals surface area contributed by atoms with E-state index in [1.807, 2.05) is 23.1 Å². The van der Waals surface area contributed by atoms with Crippen molar-refractivity contribution in [3.05, 3.63) is 87.6 Å².